The van der Waals surface area contributed by atoms with E-state index in [0.717, 1.165) is 5.56 Å². The summed E-state index contributed by atoms with van der Waals surface area (Å²) in [6.07, 6.45) is 3.99. The number of aromatic nitrogens is 1. The molecule has 15 heavy (non-hydrogen) atoms. The van der Waals surface area contributed by atoms with E-state index >= 15 is 0 Å². The molecule has 2 rings (SSSR count). The highest BCUT2D eigenvalue weighted by Crippen LogP contribution is 2.18. The summed E-state index contributed by atoms with van der Waals surface area (Å²) in [5.74, 6) is 0. The van der Waals surface area contributed by atoms with Gasteiger partial charge >= 0.3 is 0 Å². The fourth-order valence-electron chi connectivity index (χ4n) is 1.70. The van der Waals surface area contributed by atoms with Gasteiger partial charge in [0.1, 0.15) is 0 Å². The zero-order valence-corrected chi connectivity index (χ0v) is 8.80. The van der Waals surface area contributed by atoms with Crippen molar-refractivity contribution in [1.82, 2.24) is 4.57 Å². The van der Waals surface area contributed by atoms with Crippen molar-refractivity contribution in [2.45, 2.75) is 19.6 Å². The first-order valence-electron chi connectivity index (χ1n) is 5.13. The molecular formula is C13H15NO. The Morgan fingerprint density at radius 3 is 2.53 bits per heavy atom. The maximum atomic E-state index is 8.99. The van der Waals surface area contributed by atoms with Crippen molar-refractivity contribution in [3.8, 4) is 0 Å². The van der Waals surface area contributed by atoms with Gasteiger partial charge in [0.05, 0.1) is 12.6 Å². The monoisotopic (exact) mass is 201 g/mol. The largest absolute Gasteiger partial charge is 0.392 e. The van der Waals surface area contributed by atoms with Crippen LogP contribution in [0.3, 0.4) is 0 Å². The number of nitrogens with zero attached hydrogens (tertiary/aromatic N) is 1. The standard InChI is InChI=1S/C13H15NO/c1-11(13-5-3-2-4-6-13)14-8-7-12(9-14)10-15/h2-9,11,15H,10H2,1H3. The van der Waals surface area contributed by atoms with E-state index in [-0.39, 0.29) is 6.61 Å². The van der Waals surface area contributed by atoms with E-state index in [1.54, 1.807) is 0 Å². The topological polar surface area (TPSA) is 25.2 Å². The highest BCUT2D eigenvalue weighted by atomic mass is 16.3. The van der Waals surface area contributed by atoms with Gasteiger partial charge in [0, 0.05) is 12.4 Å². The van der Waals surface area contributed by atoms with Gasteiger partial charge in [0.25, 0.3) is 0 Å². The molecule has 2 heteroatoms. The van der Waals surface area contributed by atoms with E-state index in [1.807, 2.05) is 36.7 Å². The summed E-state index contributed by atoms with van der Waals surface area (Å²) in [6.45, 7) is 2.25. The fourth-order valence-corrected chi connectivity index (χ4v) is 1.70. The van der Waals surface area contributed by atoms with E-state index in [0.29, 0.717) is 6.04 Å². The first-order valence-corrected chi connectivity index (χ1v) is 5.13. The van der Waals surface area contributed by atoms with E-state index in [4.69, 9.17) is 5.11 Å². The number of hydrogen-bond acceptors (Lipinski definition) is 1. The van der Waals surface area contributed by atoms with Crippen LogP contribution in [0.15, 0.2) is 48.8 Å². The Bertz CT molecular complexity index is 419. The lowest BCUT2D eigenvalue weighted by molar-refractivity contribution is 0.281. The molecule has 0 bridgehead atoms. The van der Waals surface area contributed by atoms with Gasteiger partial charge in [-0.05, 0) is 24.1 Å². The Balaban J connectivity index is 2.24. The third kappa shape index (κ3) is 2.10. The van der Waals surface area contributed by atoms with Crippen LogP contribution in [0.2, 0.25) is 0 Å². The summed E-state index contributed by atoms with van der Waals surface area (Å²) < 4.78 is 2.11. The van der Waals surface area contributed by atoms with Crippen LogP contribution < -0.4 is 0 Å². The maximum absolute atomic E-state index is 8.99. The smallest absolute Gasteiger partial charge is 0.0696 e. The molecule has 2 nitrogen and oxygen atoms in total. The lowest BCUT2D eigenvalue weighted by Crippen LogP contribution is -2.03. The van der Waals surface area contributed by atoms with Crippen molar-refractivity contribution >= 4 is 0 Å². The predicted molar refractivity (Wildman–Crippen MR) is 60.6 cm³/mol. The Hall–Kier alpha value is -1.54. The van der Waals surface area contributed by atoms with Gasteiger partial charge in [0.15, 0.2) is 0 Å². The normalized spacial score (nSPS) is 12.7. The minimum absolute atomic E-state index is 0.106. The summed E-state index contributed by atoms with van der Waals surface area (Å²) in [6, 6.07) is 12.6. The molecule has 1 heterocycles. The molecule has 1 aromatic carbocycles. The molecule has 0 radical (unpaired) electrons. The zero-order valence-electron chi connectivity index (χ0n) is 8.80. The number of benzene rings is 1. The van der Waals surface area contributed by atoms with Crippen LogP contribution in [0.5, 0.6) is 0 Å². The molecule has 78 valence electrons. The molecule has 1 N–H and O–H groups in total. The molecule has 1 atom stereocenters. The molecule has 1 unspecified atom stereocenters. The first-order chi connectivity index (χ1) is 7.31. The van der Waals surface area contributed by atoms with E-state index in [2.05, 4.69) is 23.6 Å². The minimum atomic E-state index is 0.106. The van der Waals surface area contributed by atoms with Gasteiger partial charge in [-0.3, -0.25) is 0 Å². The van der Waals surface area contributed by atoms with Crippen molar-refractivity contribution in [2.24, 2.45) is 0 Å². The van der Waals surface area contributed by atoms with Crippen molar-refractivity contribution in [3.05, 3.63) is 59.9 Å². The zero-order chi connectivity index (χ0) is 10.7. The van der Waals surface area contributed by atoms with Gasteiger partial charge in [-0.25, -0.2) is 0 Å². The summed E-state index contributed by atoms with van der Waals surface area (Å²) in [4.78, 5) is 0. The molecule has 0 spiro atoms. The number of hydrogen-bond donors (Lipinski definition) is 1. The molecule has 0 fully saturated rings. The Kier molecular flexibility index (Phi) is 2.88. The van der Waals surface area contributed by atoms with Gasteiger partial charge in [-0.15, -0.1) is 0 Å². The Morgan fingerprint density at radius 1 is 1.20 bits per heavy atom. The number of rotatable bonds is 3. The third-order valence-corrected chi connectivity index (χ3v) is 2.69. The average Bonchev–Trinajstić information content (AvgIpc) is 2.78. The molecule has 1 aromatic heterocycles. The summed E-state index contributed by atoms with van der Waals surface area (Å²) in [7, 11) is 0. The summed E-state index contributed by atoms with van der Waals surface area (Å²) in [5, 5.41) is 8.99. The van der Waals surface area contributed by atoms with Crippen molar-refractivity contribution in [2.75, 3.05) is 0 Å². The summed E-state index contributed by atoms with van der Waals surface area (Å²) in [5.41, 5.74) is 2.23. The third-order valence-electron chi connectivity index (χ3n) is 2.69. The van der Waals surface area contributed by atoms with Gasteiger partial charge in [-0.1, -0.05) is 30.3 Å². The van der Waals surface area contributed by atoms with E-state index in [1.165, 1.54) is 5.56 Å². The predicted octanol–water partition coefficient (Wildman–Crippen LogP) is 2.59. The van der Waals surface area contributed by atoms with Crippen LogP contribution in [0.25, 0.3) is 0 Å². The van der Waals surface area contributed by atoms with Gasteiger partial charge in [0.2, 0.25) is 0 Å². The Labute approximate surface area is 89.8 Å². The second kappa shape index (κ2) is 4.32. The van der Waals surface area contributed by atoms with E-state index in [9.17, 15) is 0 Å². The Morgan fingerprint density at radius 2 is 1.93 bits per heavy atom. The average molecular weight is 201 g/mol. The van der Waals surface area contributed by atoms with Crippen molar-refractivity contribution in [3.63, 3.8) is 0 Å². The molecular weight excluding hydrogens is 186 g/mol. The van der Waals surface area contributed by atoms with Gasteiger partial charge in [-0.2, -0.15) is 0 Å². The highest BCUT2D eigenvalue weighted by Gasteiger charge is 2.06. The van der Waals surface area contributed by atoms with E-state index < -0.39 is 0 Å². The molecule has 0 saturated heterocycles. The molecule has 2 aromatic rings. The van der Waals surface area contributed by atoms with Gasteiger partial charge < -0.3 is 9.67 Å². The molecule has 0 aliphatic rings. The van der Waals surface area contributed by atoms with Crippen LogP contribution >= 0.6 is 0 Å². The molecule has 0 saturated carbocycles. The fraction of sp³-hybridized carbons (Fsp3) is 0.231. The van der Waals surface area contributed by atoms with Crippen LogP contribution in [-0.4, -0.2) is 9.67 Å². The lowest BCUT2D eigenvalue weighted by Gasteiger charge is -2.13. The van der Waals surface area contributed by atoms with Crippen LogP contribution in [0.1, 0.15) is 24.1 Å². The second-order valence-corrected chi connectivity index (χ2v) is 3.71. The highest BCUT2D eigenvalue weighted by molar-refractivity contribution is 5.21. The van der Waals surface area contributed by atoms with Crippen LogP contribution in [0, 0.1) is 0 Å². The molecule has 0 amide bonds. The molecule has 0 aliphatic carbocycles. The van der Waals surface area contributed by atoms with Crippen LogP contribution in [-0.2, 0) is 6.61 Å². The number of aliphatic hydroxyl groups is 1. The quantitative estimate of drug-likeness (QED) is 0.811. The van der Waals surface area contributed by atoms with Crippen molar-refractivity contribution < 1.29 is 5.11 Å². The SMILES string of the molecule is CC(c1ccccc1)n1ccc(CO)c1. The number of aliphatic hydroxyl groups excluding tert-OH is 1. The summed E-state index contributed by atoms with van der Waals surface area (Å²) >= 11 is 0. The second-order valence-electron chi connectivity index (χ2n) is 3.71. The lowest BCUT2D eigenvalue weighted by atomic mass is 10.1. The maximum Gasteiger partial charge on any atom is 0.0696 e. The minimum Gasteiger partial charge on any atom is -0.392 e. The first kappa shape index (κ1) is 9.99. The molecule has 0 aliphatic heterocycles. The van der Waals surface area contributed by atoms with Crippen LogP contribution in [0.4, 0.5) is 0 Å². The van der Waals surface area contributed by atoms with Crippen molar-refractivity contribution in [1.29, 1.82) is 0 Å².